The second kappa shape index (κ2) is 5.40. The first-order chi connectivity index (χ1) is 6.16. The van der Waals surface area contributed by atoms with E-state index in [1.807, 2.05) is 20.8 Å². The topological polar surface area (TPSA) is 34.1 Å². The standard InChI is InChI=1S/C10H16Br2O2/c1-6(13)5-7(11)8(12)9(14)10(2,3)4/h7-8H,5H2,1-4H3. The molecule has 0 bridgehead atoms. The fraction of sp³-hybridized carbons (Fsp3) is 0.800. The van der Waals surface area contributed by atoms with Crippen LogP contribution in [0.3, 0.4) is 0 Å². The smallest absolute Gasteiger partial charge is 0.152 e. The average Bonchev–Trinajstić information content (AvgIpc) is 1.98. The van der Waals surface area contributed by atoms with E-state index in [4.69, 9.17) is 0 Å². The summed E-state index contributed by atoms with van der Waals surface area (Å²) >= 11 is 6.67. The number of hydrogen-bond acceptors (Lipinski definition) is 2. The van der Waals surface area contributed by atoms with Gasteiger partial charge in [-0.25, -0.2) is 0 Å². The van der Waals surface area contributed by atoms with Gasteiger partial charge in [0.1, 0.15) is 5.78 Å². The third kappa shape index (κ3) is 4.69. The lowest BCUT2D eigenvalue weighted by Crippen LogP contribution is -2.34. The number of hydrogen-bond donors (Lipinski definition) is 0. The summed E-state index contributed by atoms with van der Waals surface area (Å²) in [5, 5.41) is 0. The summed E-state index contributed by atoms with van der Waals surface area (Å²) in [6, 6.07) is 0. The van der Waals surface area contributed by atoms with Crippen molar-refractivity contribution in [1.29, 1.82) is 0 Å². The highest BCUT2D eigenvalue weighted by molar-refractivity contribution is 9.12. The summed E-state index contributed by atoms with van der Waals surface area (Å²) in [7, 11) is 0. The molecule has 0 spiro atoms. The number of rotatable bonds is 4. The van der Waals surface area contributed by atoms with E-state index >= 15 is 0 Å². The number of Topliss-reactive ketones (excluding diaryl/α,β-unsaturated/α-hetero) is 2. The zero-order chi connectivity index (χ0) is 11.5. The Morgan fingerprint density at radius 3 is 1.93 bits per heavy atom. The molecule has 0 rings (SSSR count). The summed E-state index contributed by atoms with van der Waals surface area (Å²) in [5.41, 5.74) is -0.378. The molecule has 0 saturated carbocycles. The first-order valence-electron chi connectivity index (χ1n) is 4.48. The molecule has 0 radical (unpaired) electrons. The molecule has 0 N–H and O–H groups in total. The zero-order valence-electron chi connectivity index (χ0n) is 8.93. The molecule has 0 fully saturated rings. The highest BCUT2D eigenvalue weighted by Gasteiger charge is 2.32. The van der Waals surface area contributed by atoms with Gasteiger partial charge in [-0.2, -0.15) is 0 Å². The van der Waals surface area contributed by atoms with Crippen LogP contribution in [-0.2, 0) is 9.59 Å². The highest BCUT2D eigenvalue weighted by atomic mass is 79.9. The predicted molar refractivity (Wildman–Crippen MR) is 65.2 cm³/mol. The fourth-order valence-corrected chi connectivity index (χ4v) is 2.53. The van der Waals surface area contributed by atoms with E-state index in [0.717, 1.165) is 0 Å². The van der Waals surface area contributed by atoms with Gasteiger partial charge in [0.25, 0.3) is 0 Å². The van der Waals surface area contributed by atoms with E-state index < -0.39 is 0 Å². The summed E-state index contributed by atoms with van der Waals surface area (Å²) in [6.45, 7) is 7.14. The van der Waals surface area contributed by atoms with Gasteiger partial charge in [-0.15, -0.1) is 0 Å². The van der Waals surface area contributed by atoms with Crippen molar-refractivity contribution in [3.8, 4) is 0 Å². The van der Waals surface area contributed by atoms with Crippen LogP contribution in [0.1, 0.15) is 34.1 Å². The molecule has 4 heteroatoms. The molecule has 0 amide bonds. The molecule has 82 valence electrons. The molecule has 0 aliphatic rings. The number of carbonyl (C=O) groups excluding carboxylic acids is 2. The predicted octanol–water partition coefficient (Wildman–Crippen LogP) is 3.11. The number of alkyl halides is 2. The highest BCUT2D eigenvalue weighted by Crippen LogP contribution is 2.27. The van der Waals surface area contributed by atoms with Crippen molar-refractivity contribution in [3.63, 3.8) is 0 Å². The normalized spacial score (nSPS) is 16.1. The van der Waals surface area contributed by atoms with E-state index in [1.54, 1.807) is 0 Å². The average molecular weight is 328 g/mol. The molecule has 0 aromatic heterocycles. The molecular weight excluding hydrogens is 312 g/mol. The van der Waals surface area contributed by atoms with E-state index in [-0.39, 0.29) is 26.6 Å². The van der Waals surface area contributed by atoms with Gasteiger partial charge < -0.3 is 0 Å². The summed E-state index contributed by atoms with van der Waals surface area (Å²) in [4.78, 5) is 22.2. The molecule has 2 unspecified atom stereocenters. The lowest BCUT2D eigenvalue weighted by atomic mass is 9.87. The van der Waals surface area contributed by atoms with Crippen LogP contribution in [0.5, 0.6) is 0 Å². The minimum absolute atomic E-state index is 0.0815. The molecule has 0 saturated heterocycles. The minimum Gasteiger partial charge on any atom is -0.300 e. The Morgan fingerprint density at radius 1 is 1.21 bits per heavy atom. The Hall–Kier alpha value is 0.300. The Balaban J connectivity index is 4.39. The van der Waals surface area contributed by atoms with Crippen molar-refractivity contribution in [3.05, 3.63) is 0 Å². The van der Waals surface area contributed by atoms with Crippen molar-refractivity contribution in [1.82, 2.24) is 0 Å². The maximum atomic E-state index is 11.8. The SMILES string of the molecule is CC(=O)CC(Br)C(Br)C(=O)C(C)(C)C. The first-order valence-corrected chi connectivity index (χ1v) is 6.31. The maximum Gasteiger partial charge on any atom is 0.152 e. The van der Waals surface area contributed by atoms with Gasteiger partial charge in [-0.05, 0) is 6.92 Å². The lowest BCUT2D eigenvalue weighted by Gasteiger charge is -2.23. The Morgan fingerprint density at radius 2 is 1.64 bits per heavy atom. The van der Waals surface area contributed by atoms with Crippen LogP contribution in [0.25, 0.3) is 0 Å². The molecule has 0 aromatic carbocycles. The van der Waals surface area contributed by atoms with Gasteiger partial charge in [-0.1, -0.05) is 52.6 Å². The quantitative estimate of drug-likeness (QED) is 0.743. The lowest BCUT2D eigenvalue weighted by molar-refractivity contribution is -0.125. The molecule has 14 heavy (non-hydrogen) atoms. The van der Waals surface area contributed by atoms with Crippen LogP contribution in [0.4, 0.5) is 0 Å². The number of halogens is 2. The van der Waals surface area contributed by atoms with Crippen molar-refractivity contribution in [2.24, 2.45) is 5.41 Å². The number of carbonyl (C=O) groups is 2. The minimum atomic E-state index is -0.378. The van der Waals surface area contributed by atoms with Gasteiger partial charge in [0.2, 0.25) is 0 Å². The van der Waals surface area contributed by atoms with Crippen molar-refractivity contribution >= 4 is 43.4 Å². The van der Waals surface area contributed by atoms with Crippen LogP contribution in [-0.4, -0.2) is 21.2 Å². The van der Waals surface area contributed by atoms with Gasteiger partial charge in [0.05, 0.1) is 4.83 Å². The first kappa shape index (κ1) is 14.3. The maximum absolute atomic E-state index is 11.8. The van der Waals surface area contributed by atoms with E-state index in [9.17, 15) is 9.59 Å². The Labute approximate surface area is 102 Å². The van der Waals surface area contributed by atoms with Crippen LogP contribution in [0, 0.1) is 5.41 Å². The summed E-state index contributed by atoms with van der Waals surface area (Å²) in [5.74, 6) is 0.193. The van der Waals surface area contributed by atoms with Gasteiger partial charge >= 0.3 is 0 Å². The van der Waals surface area contributed by atoms with Crippen LogP contribution in [0.2, 0.25) is 0 Å². The zero-order valence-corrected chi connectivity index (χ0v) is 12.1. The van der Waals surface area contributed by atoms with Gasteiger partial charge in [0, 0.05) is 16.7 Å². The van der Waals surface area contributed by atoms with Crippen molar-refractivity contribution in [2.75, 3.05) is 0 Å². The molecular formula is C10H16Br2O2. The Bertz CT molecular complexity index is 231. The molecule has 0 heterocycles. The Kier molecular flexibility index (Phi) is 5.52. The molecule has 0 aliphatic carbocycles. The van der Waals surface area contributed by atoms with Crippen LogP contribution >= 0.6 is 31.9 Å². The summed E-state index contributed by atoms with van der Waals surface area (Å²) < 4.78 is 0. The van der Waals surface area contributed by atoms with Crippen molar-refractivity contribution < 1.29 is 9.59 Å². The number of ketones is 2. The van der Waals surface area contributed by atoms with E-state index in [0.29, 0.717) is 6.42 Å². The monoisotopic (exact) mass is 326 g/mol. The van der Waals surface area contributed by atoms with Gasteiger partial charge in [-0.3, -0.25) is 9.59 Å². The second-order valence-electron chi connectivity index (χ2n) is 4.44. The van der Waals surface area contributed by atoms with Gasteiger partial charge in [0.15, 0.2) is 5.78 Å². The largest absolute Gasteiger partial charge is 0.300 e. The molecule has 0 aromatic rings. The third-order valence-corrected chi connectivity index (χ3v) is 4.41. The molecule has 0 aliphatic heterocycles. The van der Waals surface area contributed by atoms with E-state index in [2.05, 4.69) is 31.9 Å². The fourth-order valence-electron chi connectivity index (χ4n) is 0.956. The second-order valence-corrected chi connectivity index (χ2v) is 6.60. The molecule has 2 atom stereocenters. The summed E-state index contributed by atoms with van der Waals surface area (Å²) in [6.07, 6.45) is 0.373. The van der Waals surface area contributed by atoms with Crippen LogP contribution < -0.4 is 0 Å². The van der Waals surface area contributed by atoms with Crippen molar-refractivity contribution in [2.45, 2.75) is 43.8 Å². The van der Waals surface area contributed by atoms with E-state index in [1.165, 1.54) is 6.92 Å². The molecule has 2 nitrogen and oxygen atoms in total. The third-order valence-electron chi connectivity index (χ3n) is 1.79. The van der Waals surface area contributed by atoms with Crippen LogP contribution in [0.15, 0.2) is 0 Å².